The highest BCUT2D eigenvalue weighted by Gasteiger charge is 2.16. The molecule has 0 amide bonds. The molecule has 2 aromatic heterocycles. The van der Waals surface area contributed by atoms with Crippen molar-refractivity contribution in [3.05, 3.63) is 45.1 Å². The Balaban J connectivity index is 2.66. The van der Waals surface area contributed by atoms with Crippen LogP contribution in [0.1, 0.15) is 10.4 Å². The molecule has 0 radical (unpaired) electrons. The fraction of sp³-hybridized carbons (Fsp3) is 0.286. The quantitative estimate of drug-likeness (QED) is 0.471. The van der Waals surface area contributed by atoms with Crippen LogP contribution in [0.15, 0.2) is 34.2 Å². The molecule has 2 rings (SSSR count). The van der Waals surface area contributed by atoms with E-state index >= 15 is 0 Å². The molecular formula is C14H15ClN2OS2. The Hall–Kier alpha value is -1.04. The van der Waals surface area contributed by atoms with E-state index in [9.17, 15) is 4.79 Å². The van der Waals surface area contributed by atoms with Crippen molar-refractivity contribution < 1.29 is 0 Å². The van der Waals surface area contributed by atoms with Gasteiger partial charge >= 0.3 is 0 Å². The molecule has 0 unspecified atom stereocenters. The van der Waals surface area contributed by atoms with E-state index in [4.69, 9.17) is 11.6 Å². The predicted octanol–water partition coefficient (Wildman–Crippen LogP) is 4.11. The van der Waals surface area contributed by atoms with Crippen molar-refractivity contribution in [3.8, 4) is 0 Å². The first kappa shape index (κ1) is 15.4. The Bertz CT molecular complexity index is 746. The lowest BCUT2D eigenvalue weighted by atomic mass is 10.2. The number of fused-ring (bicyclic) bond motifs is 1. The van der Waals surface area contributed by atoms with Crippen LogP contribution in [0.4, 0.5) is 0 Å². The van der Waals surface area contributed by atoms with Gasteiger partial charge in [0.15, 0.2) is 5.16 Å². The molecule has 3 nitrogen and oxygen atoms in total. The molecule has 2 heterocycles. The molecule has 0 atom stereocenters. The largest absolute Gasteiger partial charge is 0.283 e. The van der Waals surface area contributed by atoms with E-state index in [1.807, 2.05) is 13.8 Å². The Morgan fingerprint density at radius 2 is 2.25 bits per heavy atom. The molecule has 0 spiro atoms. The summed E-state index contributed by atoms with van der Waals surface area (Å²) in [7, 11) is 0. The van der Waals surface area contributed by atoms with E-state index in [1.54, 1.807) is 22.0 Å². The summed E-state index contributed by atoms with van der Waals surface area (Å²) in [5.74, 6) is 0.528. The van der Waals surface area contributed by atoms with Gasteiger partial charge in [-0.05, 0) is 19.4 Å². The second-order valence-corrected chi connectivity index (χ2v) is 7.05. The van der Waals surface area contributed by atoms with Gasteiger partial charge in [-0.3, -0.25) is 9.36 Å². The van der Waals surface area contributed by atoms with Crippen molar-refractivity contribution in [2.75, 3.05) is 5.75 Å². The first-order valence-electron chi connectivity index (χ1n) is 6.03. The molecule has 2 aromatic rings. The van der Waals surface area contributed by atoms with E-state index in [2.05, 4.69) is 18.1 Å². The van der Waals surface area contributed by atoms with Gasteiger partial charge in [-0.25, -0.2) is 4.98 Å². The minimum absolute atomic E-state index is 0.0144. The smallest absolute Gasteiger partial charge is 0.263 e. The van der Waals surface area contributed by atoms with Crippen LogP contribution in [0.2, 0.25) is 0 Å². The molecule has 0 aliphatic carbocycles. The number of thiophene rings is 1. The highest BCUT2D eigenvalue weighted by molar-refractivity contribution is 7.99. The summed E-state index contributed by atoms with van der Waals surface area (Å²) in [5, 5.41) is 1.90. The lowest BCUT2D eigenvalue weighted by Crippen LogP contribution is -2.22. The van der Waals surface area contributed by atoms with Crippen molar-refractivity contribution in [1.29, 1.82) is 0 Å². The fourth-order valence-corrected chi connectivity index (χ4v) is 3.85. The molecular weight excluding hydrogens is 312 g/mol. The summed E-state index contributed by atoms with van der Waals surface area (Å²) in [6, 6.07) is 0. The average molecular weight is 327 g/mol. The molecule has 0 N–H and O–H groups in total. The Morgan fingerprint density at radius 3 is 2.85 bits per heavy atom. The maximum atomic E-state index is 12.6. The van der Waals surface area contributed by atoms with Gasteiger partial charge in [0, 0.05) is 22.2 Å². The molecule has 6 heteroatoms. The van der Waals surface area contributed by atoms with Crippen LogP contribution in [0.5, 0.6) is 0 Å². The van der Waals surface area contributed by atoms with Gasteiger partial charge in [0.2, 0.25) is 0 Å². The van der Waals surface area contributed by atoms with Crippen LogP contribution in [-0.4, -0.2) is 15.3 Å². The van der Waals surface area contributed by atoms with Crippen molar-refractivity contribution >= 4 is 44.9 Å². The lowest BCUT2D eigenvalue weighted by molar-refractivity contribution is 0.673. The Labute approximate surface area is 131 Å². The summed E-state index contributed by atoms with van der Waals surface area (Å²) >= 11 is 8.76. The third kappa shape index (κ3) is 2.85. The third-order valence-corrected chi connectivity index (χ3v) is 5.38. The van der Waals surface area contributed by atoms with Crippen LogP contribution in [0, 0.1) is 13.8 Å². The summed E-state index contributed by atoms with van der Waals surface area (Å²) < 4.78 is 1.64. The van der Waals surface area contributed by atoms with Crippen LogP contribution < -0.4 is 5.56 Å². The van der Waals surface area contributed by atoms with Crippen LogP contribution in [0.25, 0.3) is 10.2 Å². The summed E-state index contributed by atoms with van der Waals surface area (Å²) in [6.45, 7) is 11.8. The molecule has 0 aromatic carbocycles. The Kier molecular flexibility index (Phi) is 4.73. The molecule has 0 bridgehead atoms. The van der Waals surface area contributed by atoms with Crippen molar-refractivity contribution in [3.63, 3.8) is 0 Å². The maximum absolute atomic E-state index is 12.6. The topological polar surface area (TPSA) is 34.9 Å². The second-order valence-electron chi connectivity index (χ2n) is 4.37. The number of hydrogen-bond donors (Lipinski definition) is 0. The molecule has 0 saturated heterocycles. The van der Waals surface area contributed by atoms with Gasteiger partial charge < -0.3 is 0 Å². The zero-order valence-corrected chi connectivity index (χ0v) is 13.8. The van der Waals surface area contributed by atoms with Gasteiger partial charge in [-0.2, -0.15) is 0 Å². The number of hydrogen-bond acceptors (Lipinski definition) is 4. The minimum atomic E-state index is -0.0144. The zero-order valence-electron chi connectivity index (χ0n) is 11.4. The molecule has 106 valence electrons. The van der Waals surface area contributed by atoms with E-state index < -0.39 is 0 Å². The van der Waals surface area contributed by atoms with Crippen LogP contribution >= 0.6 is 34.7 Å². The third-order valence-electron chi connectivity index (χ3n) is 2.92. The highest BCUT2D eigenvalue weighted by atomic mass is 35.5. The highest BCUT2D eigenvalue weighted by Crippen LogP contribution is 2.28. The lowest BCUT2D eigenvalue weighted by Gasteiger charge is -2.09. The minimum Gasteiger partial charge on any atom is -0.283 e. The number of rotatable bonds is 5. The summed E-state index contributed by atoms with van der Waals surface area (Å²) in [5.41, 5.74) is 0.998. The molecule has 20 heavy (non-hydrogen) atoms. The number of halogens is 1. The van der Waals surface area contributed by atoms with Crippen molar-refractivity contribution in [1.82, 2.24) is 9.55 Å². The van der Waals surface area contributed by atoms with E-state index in [1.165, 1.54) is 11.8 Å². The van der Waals surface area contributed by atoms with E-state index in [-0.39, 0.29) is 5.56 Å². The molecule has 0 saturated carbocycles. The van der Waals surface area contributed by atoms with Gasteiger partial charge in [0.1, 0.15) is 4.83 Å². The van der Waals surface area contributed by atoms with Crippen molar-refractivity contribution in [2.24, 2.45) is 0 Å². The second kappa shape index (κ2) is 6.16. The summed E-state index contributed by atoms with van der Waals surface area (Å²) in [6.07, 6.45) is 1.70. The average Bonchev–Trinajstić information content (AvgIpc) is 2.66. The summed E-state index contributed by atoms with van der Waals surface area (Å²) in [4.78, 5) is 19.1. The van der Waals surface area contributed by atoms with Gasteiger partial charge in [-0.1, -0.05) is 36.0 Å². The fourth-order valence-electron chi connectivity index (χ4n) is 1.85. The van der Waals surface area contributed by atoms with Gasteiger partial charge in [0.05, 0.1) is 5.39 Å². The molecule has 0 aliphatic rings. The molecule has 0 aliphatic heterocycles. The number of nitrogens with zero attached hydrogens (tertiary/aromatic N) is 2. The zero-order chi connectivity index (χ0) is 14.9. The number of thioether (sulfide) groups is 1. The van der Waals surface area contributed by atoms with Crippen molar-refractivity contribution in [2.45, 2.75) is 25.5 Å². The van der Waals surface area contributed by atoms with Gasteiger partial charge in [0.25, 0.3) is 5.56 Å². The van der Waals surface area contributed by atoms with Crippen LogP contribution in [-0.2, 0) is 6.54 Å². The SMILES string of the molecule is C=CCn1c(SCC(=C)Cl)nc2sc(C)c(C)c2c1=O. The van der Waals surface area contributed by atoms with E-state index in [0.717, 1.165) is 15.3 Å². The normalized spacial score (nSPS) is 10.9. The maximum Gasteiger partial charge on any atom is 0.263 e. The number of allylic oxidation sites excluding steroid dienone is 1. The first-order valence-corrected chi connectivity index (χ1v) is 8.21. The number of aromatic nitrogens is 2. The van der Waals surface area contributed by atoms with Gasteiger partial charge in [-0.15, -0.1) is 17.9 Å². The monoisotopic (exact) mass is 326 g/mol. The number of aryl methyl sites for hydroxylation is 2. The molecule has 0 fully saturated rings. The predicted molar refractivity (Wildman–Crippen MR) is 89.3 cm³/mol. The van der Waals surface area contributed by atoms with Crippen LogP contribution in [0.3, 0.4) is 0 Å². The first-order chi connectivity index (χ1) is 9.45. The standard InChI is InChI=1S/C14H15ClN2OS2/c1-5-6-17-13(18)11-9(3)10(4)20-12(11)16-14(17)19-7-8(2)15/h5H,1-2,6-7H2,3-4H3. The Morgan fingerprint density at radius 1 is 1.55 bits per heavy atom. The van der Waals surface area contributed by atoms with E-state index in [0.29, 0.717) is 27.9 Å².